The standard InChI is InChI=1S/C14H17ClO/c1-2-3-4-5-12-6-8-13(9-7-12)10-11-14(15)16/h6-11H,2-5H2,1H3/b11-10+. The van der Waals surface area contributed by atoms with Crippen LogP contribution in [0.15, 0.2) is 30.3 Å². The molecule has 1 aromatic carbocycles. The smallest absolute Gasteiger partial charge is 0.245 e. The monoisotopic (exact) mass is 236 g/mol. The van der Waals surface area contributed by atoms with E-state index in [1.807, 2.05) is 12.1 Å². The number of hydrogen-bond acceptors (Lipinski definition) is 1. The predicted molar refractivity (Wildman–Crippen MR) is 69.6 cm³/mol. The summed E-state index contributed by atoms with van der Waals surface area (Å²) in [6.45, 7) is 2.21. The molecule has 16 heavy (non-hydrogen) atoms. The van der Waals surface area contributed by atoms with Crippen LogP contribution in [-0.2, 0) is 11.2 Å². The fraction of sp³-hybridized carbons (Fsp3) is 0.357. The molecule has 0 fully saturated rings. The molecule has 0 aromatic heterocycles. The molecule has 0 heterocycles. The van der Waals surface area contributed by atoms with Crippen molar-refractivity contribution in [3.05, 3.63) is 41.5 Å². The molecular formula is C14H17ClO. The third kappa shape index (κ3) is 5.13. The van der Waals surface area contributed by atoms with Gasteiger partial charge in [0.2, 0.25) is 5.24 Å². The lowest BCUT2D eigenvalue weighted by Crippen LogP contribution is -1.85. The van der Waals surface area contributed by atoms with Crippen molar-refractivity contribution < 1.29 is 4.79 Å². The van der Waals surface area contributed by atoms with E-state index in [1.54, 1.807) is 6.08 Å². The zero-order chi connectivity index (χ0) is 11.8. The average Bonchev–Trinajstić information content (AvgIpc) is 2.28. The van der Waals surface area contributed by atoms with E-state index in [0.29, 0.717) is 0 Å². The Bertz CT molecular complexity index is 352. The Balaban J connectivity index is 2.51. The second-order valence-electron chi connectivity index (χ2n) is 3.84. The molecule has 0 amide bonds. The summed E-state index contributed by atoms with van der Waals surface area (Å²) in [5, 5.41) is -0.438. The molecule has 0 atom stereocenters. The van der Waals surface area contributed by atoms with Crippen molar-refractivity contribution in [1.29, 1.82) is 0 Å². The van der Waals surface area contributed by atoms with Gasteiger partial charge in [-0.3, -0.25) is 4.79 Å². The molecule has 0 aliphatic heterocycles. The Morgan fingerprint density at radius 3 is 2.50 bits per heavy atom. The number of allylic oxidation sites excluding steroid dienone is 1. The van der Waals surface area contributed by atoms with Crippen molar-refractivity contribution >= 4 is 22.9 Å². The first-order chi connectivity index (χ1) is 7.72. The van der Waals surface area contributed by atoms with Gasteiger partial charge in [0.05, 0.1) is 0 Å². The third-order valence-corrected chi connectivity index (χ3v) is 2.58. The van der Waals surface area contributed by atoms with Crippen molar-refractivity contribution in [3.8, 4) is 0 Å². The summed E-state index contributed by atoms with van der Waals surface area (Å²) in [4.78, 5) is 10.5. The molecule has 1 nitrogen and oxygen atoms in total. The highest BCUT2D eigenvalue weighted by molar-refractivity contribution is 6.66. The van der Waals surface area contributed by atoms with Gasteiger partial charge < -0.3 is 0 Å². The van der Waals surface area contributed by atoms with Crippen LogP contribution in [0.5, 0.6) is 0 Å². The number of halogens is 1. The van der Waals surface area contributed by atoms with Crippen LogP contribution in [0.2, 0.25) is 0 Å². The fourth-order valence-electron chi connectivity index (χ4n) is 1.54. The normalized spacial score (nSPS) is 10.9. The summed E-state index contributed by atoms with van der Waals surface area (Å²) < 4.78 is 0. The highest BCUT2D eigenvalue weighted by Gasteiger charge is 1.93. The number of aryl methyl sites for hydroxylation is 1. The van der Waals surface area contributed by atoms with E-state index in [1.165, 1.54) is 30.9 Å². The first-order valence-electron chi connectivity index (χ1n) is 5.69. The van der Waals surface area contributed by atoms with Crippen LogP contribution < -0.4 is 0 Å². The molecule has 2 heteroatoms. The lowest BCUT2D eigenvalue weighted by Gasteiger charge is -2.01. The lowest BCUT2D eigenvalue weighted by atomic mass is 10.1. The van der Waals surface area contributed by atoms with Crippen LogP contribution in [0.4, 0.5) is 0 Å². The lowest BCUT2D eigenvalue weighted by molar-refractivity contribution is -0.107. The maximum absolute atomic E-state index is 10.5. The minimum Gasteiger partial charge on any atom is -0.276 e. The zero-order valence-electron chi connectivity index (χ0n) is 9.58. The van der Waals surface area contributed by atoms with Gasteiger partial charge in [-0.25, -0.2) is 0 Å². The van der Waals surface area contributed by atoms with E-state index in [4.69, 9.17) is 11.6 Å². The van der Waals surface area contributed by atoms with Gasteiger partial charge in [0.15, 0.2) is 0 Å². The second-order valence-corrected chi connectivity index (χ2v) is 4.21. The van der Waals surface area contributed by atoms with Gasteiger partial charge in [-0.1, -0.05) is 50.1 Å². The van der Waals surface area contributed by atoms with Crippen LogP contribution in [0, 0.1) is 0 Å². The molecule has 1 aromatic rings. The summed E-state index contributed by atoms with van der Waals surface area (Å²) in [7, 11) is 0. The van der Waals surface area contributed by atoms with Crippen molar-refractivity contribution in [3.63, 3.8) is 0 Å². The second kappa shape index (κ2) is 7.24. The van der Waals surface area contributed by atoms with E-state index in [-0.39, 0.29) is 0 Å². The first-order valence-corrected chi connectivity index (χ1v) is 6.06. The Kier molecular flexibility index (Phi) is 5.87. The maximum atomic E-state index is 10.5. The van der Waals surface area contributed by atoms with Crippen LogP contribution >= 0.6 is 11.6 Å². The highest BCUT2D eigenvalue weighted by atomic mass is 35.5. The van der Waals surface area contributed by atoms with E-state index in [2.05, 4.69) is 19.1 Å². The highest BCUT2D eigenvalue weighted by Crippen LogP contribution is 2.10. The Hall–Kier alpha value is -1.08. The summed E-state index contributed by atoms with van der Waals surface area (Å²) in [6.07, 6.45) is 8.00. The number of hydrogen-bond donors (Lipinski definition) is 0. The number of benzene rings is 1. The molecule has 1 rings (SSSR count). The van der Waals surface area contributed by atoms with Gasteiger partial charge in [-0.2, -0.15) is 0 Å². The number of unbranched alkanes of at least 4 members (excludes halogenated alkanes) is 2. The summed E-state index contributed by atoms with van der Waals surface area (Å²) >= 11 is 5.22. The third-order valence-electron chi connectivity index (χ3n) is 2.46. The van der Waals surface area contributed by atoms with E-state index in [0.717, 1.165) is 12.0 Å². The zero-order valence-corrected chi connectivity index (χ0v) is 10.3. The van der Waals surface area contributed by atoms with E-state index in [9.17, 15) is 4.79 Å². The molecule has 0 saturated heterocycles. The molecule has 0 spiro atoms. The van der Waals surface area contributed by atoms with Crippen molar-refractivity contribution in [2.45, 2.75) is 32.6 Å². The average molecular weight is 237 g/mol. The number of rotatable bonds is 6. The van der Waals surface area contributed by atoms with Gasteiger partial charge in [0.1, 0.15) is 0 Å². The topological polar surface area (TPSA) is 17.1 Å². The Labute approximate surface area is 102 Å². The molecule has 0 unspecified atom stereocenters. The molecule has 0 bridgehead atoms. The largest absolute Gasteiger partial charge is 0.276 e. The van der Waals surface area contributed by atoms with Crippen LogP contribution in [0.1, 0.15) is 37.3 Å². The Morgan fingerprint density at radius 1 is 1.25 bits per heavy atom. The van der Waals surface area contributed by atoms with E-state index >= 15 is 0 Å². The minimum absolute atomic E-state index is 0.438. The molecule has 0 N–H and O–H groups in total. The maximum Gasteiger partial charge on any atom is 0.245 e. The molecule has 86 valence electrons. The number of carbonyl (C=O) groups is 1. The van der Waals surface area contributed by atoms with Gasteiger partial charge in [0.25, 0.3) is 0 Å². The van der Waals surface area contributed by atoms with Crippen molar-refractivity contribution in [2.24, 2.45) is 0 Å². The Morgan fingerprint density at radius 2 is 1.94 bits per heavy atom. The molecular weight excluding hydrogens is 220 g/mol. The van der Waals surface area contributed by atoms with Crippen LogP contribution in [0.3, 0.4) is 0 Å². The van der Waals surface area contributed by atoms with E-state index < -0.39 is 5.24 Å². The summed E-state index contributed by atoms with van der Waals surface area (Å²) in [5.74, 6) is 0. The van der Waals surface area contributed by atoms with Crippen molar-refractivity contribution in [2.75, 3.05) is 0 Å². The molecule has 0 aliphatic rings. The minimum atomic E-state index is -0.438. The number of carbonyl (C=O) groups excluding carboxylic acids is 1. The van der Waals surface area contributed by atoms with Crippen LogP contribution in [0.25, 0.3) is 6.08 Å². The van der Waals surface area contributed by atoms with Gasteiger partial charge in [-0.15, -0.1) is 0 Å². The van der Waals surface area contributed by atoms with Gasteiger partial charge in [-0.05, 0) is 41.6 Å². The molecule has 0 aliphatic carbocycles. The van der Waals surface area contributed by atoms with Gasteiger partial charge in [0, 0.05) is 0 Å². The fourth-order valence-corrected chi connectivity index (χ4v) is 1.60. The molecule has 0 saturated carbocycles. The SMILES string of the molecule is CCCCCc1ccc(/C=C/C(=O)Cl)cc1. The first kappa shape index (κ1) is 13.0. The van der Waals surface area contributed by atoms with Crippen molar-refractivity contribution in [1.82, 2.24) is 0 Å². The van der Waals surface area contributed by atoms with Crippen LogP contribution in [-0.4, -0.2) is 5.24 Å². The quantitative estimate of drug-likeness (QED) is 0.411. The summed E-state index contributed by atoms with van der Waals surface area (Å²) in [6, 6.07) is 8.23. The predicted octanol–water partition coefficient (Wildman–Crippen LogP) is 4.20. The molecule has 0 radical (unpaired) electrons. The summed E-state index contributed by atoms with van der Waals surface area (Å²) in [5.41, 5.74) is 2.36. The van der Waals surface area contributed by atoms with Gasteiger partial charge >= 0.3 is 0 Å².